The van der Waals surface area contributed by atoms with Crippen LogP contribution < -0.4 is 5.32 Å². The number of carbonyl (C=O) groups excluding carboxylic acids is 1. The van der Waals surface area contributed by atoms with Crippen molar-refractivity contribution < 1.29 is 23.1 Å². The Balaban J connectivity index is 2.20. The summed E-state index contributed by atoms with van der Waals surface area (Å²) in [5.74, 6) is -0.938. The average molecular weight is 306 g/mol. The van der Waals surface area contributed by atoms with E-state index in [2.05, 4.69) is 5.32 Å². The summed E-state index contributed by atoms with van der Waals surface area (Å²) in [4.78, 5) is 22.0. The van der Waals surface area contributed by atoms with Crippen LogP contribution in [0, 0.1) is 0 Å². The Kier molecular flexibility index (Phi) is 6.41. The predicted molar refractivity (Wildman–Crippen MR) is 73.7 cm³/mol. The van der Waals surface area contributed by atoms with Crippen molar-refractivity contribution in [3.63, 3.8) is 0 Å². The number of aliphatic carboxylic acids is 1. The molecule has 1 aliphatic heterocycles. The number of rotatable bonds is 7. The quantitative estimate of drug-likeness (QED) is 0.653. The fraction of sp³-hybridized carbons (Fsp3) is 0.833. The summed E-state index contributed by atoms with van der Waals surface area (Å²) in [5.41, 5.74) is 0. The molecule has 1 saturated heterocycles. The van der Waals surface area contributed by atoms with Crippen LogP contribution in [-0.2, 0) is 19.6 Å². The molecule has 0 radical (unpaired) electrons. The SMILES string of the molecule is CS(=O)(=O)N1CCC(NC(=O)CCCCC(=O)O)CC1. The first-order chi connectivity index (χ1) is 9.29. The molecule has 1 fully saturated rings. The molecule has 0 bridgehead atoms. The van der Waals surface area contributed by atoms with Gasteiger partial charge in [0.15, 0.2) is 0 Å². The number of sulfonamides is 1. The van der Waals surface area contributed by atoms with E-state index in [1.165, 1.54) is 10.6 Å². The first-order valence-corrected chi connectivity index (χ1v) is 8.60. The fourth-order valence-corrected chi connectivity index (χ4v) is 3.07. The van der Waals surface area contributed by atoms with Gasteiger partial charge >= 0.3 is 5.97 Å². The third kappa shape index (κ3) is 6.33. The molecular weight excluding hydrogens is 284 g/mol. The lowest BCUT2D eigenvalue weighted by molar-refractivity contribution is -0.137. The van der Waals surface area contributed by atoms with E-state index < -0.39 is 16.0 Å². The molecule has 1 aliphatic rings. The lowest BCUT2D eigenvalue weighted by Gasteiger charge is -2.30. The van der Waals surface area contributed by atoms with Crippen LogP contribution in [0.1, 0.15) is 38.5 Å². The molecule has 0 atom stereocenters. The van der Waals surface area contributed by atoms with E-state index in [9.17, 15) is 18.0 Å². The highest BCUT2D eigenvalue weighted by Crippen LogP contribution is 2.13. The number of amides is 1. The van der Waals surface area contributed by atoms with Crippen molar-refractivity contribution in [2.24, 2.45) is 0 Å². The number of nitrogens with one attached hydrogen (secondary N) is 1. The van der Waals surface area contributed by atoms with Gasteiger partial charge in [0.1, 0.15) is 0 Å². The zero-order valence-electron chi connectivity index (χ0n) is 11.7. The predicted octanol–water partition coefficient (Wildman–Crippen LogP) is 0.172. The number of hydrogen-bond donors (Lipinski definition) is 2. The number of nitrogens with zero attached hydrogens (tertiary/aromatic N) is 1. The Hall–Kier alpha value is -1.15. The van der Waals surface area contributed by atoms with Gasteiger partial charge in [-0.25, -0.2) is 12.7 Å². The molecule has 20 heavy (non-hydrogen) atoms. The smallest absolute Gasteiger partial charge is 0.303 e. The largest absolute Gasteiger partial charge is 0.481 e. The summed E-state index contributed by atoms with van der Waals surface area (Å²) in [6.07, 6.45) is 3.88. The Labute approximate surface area is 119 Å². The molecule has 2 N–H and O–H groups in total. The summed E-state index contributed by atoms with van der Waals surface area (Å²) >= 11 is 0. The van der Waals surface area contributed by atoms with Crippen molar-refractivity contribution in [3.8, 4) is 0 Å². The second-order valence-electron chi connectivity index (χ2n) is 5.10. The lowest BCUT2D eigenvalue weighted by Crippen LogP contribution is -2.46. The molecule has 1 amide bonds. The minimum Gasteiger partial charge on any atom is -0.481 e. The van der Waals surface area contributed by atoms with Gasteiger partial charge in [-0.1, -0.05) is 0 Å². The normalized spacial score (nSPS) is 17.9. The van der Waals surface area contributed by atoms with Crippen molar-refractivity contribution in [1.29, 1.82) is 0 Å². The Bertz CT molecular complexity index is 441. The van der Waals surface area contributed by atoms with Crippen LogP contribution in [0.25, 0.3) is 0 Å². The maximum atomic E-state index is 11.6. The number of unbranched alkanes of at least 4 members (excludes halogenated alkanes) is 1. The Morgan fingerprint density at radius 3 is 2.25 bits per heavy atom. The first kappa shape index (κ1) is 16.9. The van der Waals surface area contributed by atoms with Crippen molar-refractivity contribution >= 4 is 21.9 Å². The molecule has 0 aromatic rings. The summed E-state index contributed by atoms with van der Waals surface area (Å²) < 4.78 is 24.1. The van der Waals surface area contributed by atoms with Crippen molar-refractivity contribution in [2.75, 3.05) is 19.3 Å². The van der Waals surface area contributed by atoms with E-state index in [0.29, 0.717) is 45.2 Å². The van der Waals surface area contributed by atoms with Gasteiger partial charge < -0.3 is 10.4 Å². The molecule has 8 heteroatoms. The molecule has 1 rings (SSSR count). The lowest BCUT2D eigenvalue weighted by atomic mass is 10.1. The third-order valence-corrected chi connectivity index (χ3v) is 4.64. The van der Waals surface area contributed by atoms with Crippen LogP contribution in [0.2, 0.25) is 0 Å². The first-order valence-electron chi connectivity index (χ1n) is 6.75. The molecule has 0 aliphatic carbocycles. The number of carboxylic acids is 1. The van der Waals surface area contributed by atoms with E-state index in [1.54, 1.807) is 0 Å². The van der Waals surface area contributed by atoms with Crippen molar-refractivity contribution in [2.45, 2.75) is 44.6 Å². The van der Waals surface area contributed by atoms with Crippen LogP contribution >= 0.6 is 0 Å². The molecule has 0 aromatic heterocycles. The summed E-state index contributed by atoms with van der Waals surface area (Å²) in [6, 6.07) is 0.0139. The maximum Gasteiger partial charge on any atom is 0.303 e. The van der Waals surface area contributed by atoms with Gasteiger partial charge in [-0.2, -0.15) is 0 Å². The number of carbonyl (C=O) groups is 2. The van der Waals surface area contributed by atoms with Gasteiger partial charge in [0.05, 0.1) is 6.26 Å². The van der Waals surface area contributed by atoms with Crippen LogP contribution in [-0.4, -0.2) is 55.1 Å². The minimum atomic E-state index is -3.14. The van der Waals surface area contributed by atoms with Crippen LogP contribution in [0.3, 0.4) is 0 Å². The number of piperidine rings is 1. The molecule has 0 spiro atoms. The van der Waals surface area contributed by atoms with Gasteiger partial charge in [-0.15, -0.1) is 0 Å². The molecule has 0 unspecified atom stereocenters. The Morgan fingerprint density at radius 1 is 1.20 bits per heavy atom. The van der Waals surface area contributed by atoms with Crippen LogP contribution in [0.15, 0.2) is 0 Å². The molecule has 0 saturated carbocycles. The molecular formula is C12H22N2O5S. The second-order valence-corrected chi connectivity index (χ2v) is 7.09. The maximum absolute atomic E-state index is 11.6. The van der Waals surface area contributed by atoms with Crippen LogP contribution in [0.5, 0.6) is 0 Å². The highest BCUT2D eigenvalue weighted by molar-refractivity contribution is 7.88. The highest BCUT2D eigenvalue weighted by Gasteiger charge is 2.25. The zero-order valence-corrected chi connectivity index (χ0v) is 12.5. The van der Waals surface area contributed by atoms with Crippen LogP contribution in [0.4, 0.5) is 0 Å². The monoisotopic (exact) mass is 306 g/mol. The fourth-order valence-electron chi connectivity index (χ4n) is 2.19. The third-order valence-electron chi connectivity index (χ3n) is 3.33. The second kappa shape index (κ2) is 7.58. The summed E-state index contributed by atoms with van der Waals surface area (Å²) in [7, 11) is -3.14. The molecule has 7 nitrogen and oxygen atoms in total. The average Bonchev–Trinajstić information content (AvgIpc) is 2.34. The Morgan fingerprint density at radius 2 is 1.75 bits per heavy atom. The van der Waals surface area contributed by atoms with E-state index in [0.717, 1.165) is 0 Å². The number of hydrogen-bond acceptors (Lipinski definition) is 4. The standard InChI is InChI=1S/C12H22N2O5S/c1-20(18,19)14-8-6-10(7-9-14)13-11(15)4-2-3-5-12(16)17/h10H,2-9H2,1H3,(H,13,15)(H,16,17). The van der Waals surface area contributed by atoms with E-state index in [1.807, 2.05) is 0 Å². The molecule has 1 heterocycles. The van der Waals surface area contributed by atoms with E-state index in [-0.39, 0.29) is 18.4 Å². The van der Waals surface area contributed by atoms with Crippen molar-refractivity contribution in [3.05, 3.63) is 0 Å². The van der Waals surface area contributed by atoms with E-state index in [4.69, 9.17) is 5.11 Å². The topological polar surface area (TPSA) is 104 Å². The van der Waals surface area contributed by atoms with Crippen molar-refractivity contribution in [1.82, 2.24) is 9.62 Å². The summed E-state index contributed by atoms with van der Waals surface area (Å²) in [5, 5.41) is 11.3. The van der Waals surface area contributed by atoms with E-state index >= 15 is 0 Å². The van der Waals surface area contributed by atoms with Gasteiger partial charge in [0.25, 0.3) is 0 Å². The van der Waals surface area contributed by atoms with Gasteiger partial charge in [0.2, 0.25) is 15.9 Å². The van der Waals surface area contributed by atoms with Gasteiger partial charge in [-0.05, 0) is 25.7 Å². The van der Waals surface area contributed by atoms with Gasteiger partial charge in [-0.3, -0.25) is 9.59 Å². The summed E-state index contributed by atoms with van der Waals surface area (Å²) in [6.45, 7) is 0.867. The number of carboxylic acid groups (broad SMARTS) is 1. The van der Waals surface area contributed by atoms with Gasteiger partial charge in [0, 0.05) is 32.0 Å². The highest BCUT2D eigenvalue weighted by atomic mass is 32.2. The molecule has 116 valence electrons. The minimum absolute atomic E-state index is 0.0139. The zero-order chi connectivity index (χ0) is 15.2. The molecule has 0 aromatic carbocycles.